The summed E-state index contributed by atoms with van der Waals surface area (Å²) in [5, 5.41) is -11.1. The van der Waals surface area contributed by atoms with E-state index in [4.69, 9.17) is 0 Å². The molecule has 1 aliphatic rings. The van der Waals surface area contributed by atoms with Crippen LogP contribution in [0.15, 0.2) is 0 Å². The summed E-state index contributed by atoms with van der Waals surface area (Å²) < 4.78 is 91.6. The van der Waals surface area contributed by atoms with Gasteiger partial charge in [-0.25, -0.2) is 16.8 Å². The van der Waals surface area contributed by atoms with Crippen LogP contribution in [0.3, 0.4) is 0 Å². The van der Waals surface area contributed by atoms with E-state index in [1.54, 1.807) is 0 Å². The topological polar surface area (TPSA) is 68.3 Å². The Labute approximate surface area is 83.1 Å². The van der Waals surface area contributed by atoms with Crippen LogP contribution in [0.1, 0.15) is 13.3 Å². The van der Waals surface area contributed by atoms with E-state index in [1.165, 1.54) is 0 Å². The van der Waals surface area contributed by atoms with E-state index in [0.717, 1.165) is 6.92 Å². The van der Waals surface area contributed by atoms with Gasteiger partial charge in [-0.05, 0) is 6.42 Å². The van der Waals surface area contributed by atoms with Crippen LogP contribution in [0.25, 0.3) is 0 Å². The second-order valence-electron chi connectivity index (χ2n) is 2.96. The van der Waals surface area contributed by atoms with Crippen LogP contribution < -0.4 is 0 Å². The first-order valence-corrected chi connectivity index (χ1v) is 6.76. The lowest BCUT2D eigenvalue weighted by atomic mass is 10.6. The molecule has 0 spiro atoms. The summed E-state index contributed by atoms with van der Waals surface area (Å²) in [7, 11) is -11.4. The molecule has 0 aromatic carbocycles. The van der Waals surface area contributed by atoms with Gasteiger partial charge in [0.1, 0.15) is 0 Å². The Morgan fingerprint density at radius 3 is 1.33 bits per heavy atom. The summed E-state index contributed by atoms with van der Waals surface area (Å²) in [6.07, 6.45) is -0.837. The summed E-state index contributed by atoms with van der Waals surface area (Å²) in [4.78, 5) is 0. The molecule has 15 heavy (non-hydrogen) atoms. The minimum Gasteiger partial charge on any atom is -0.221 e. The van der Waals surface area contributed by atoms with Gasteiger partial charge in [0.25, 0.3) is 0 Å². The third-order valence-corrected chi connectivity index (χ3v) is 7.72. The first kappa shape index (κ1) is 12.7. The largest absolute Gasteiger partial charge is 0.423 e. The van der Waals surface area contributed by atoms with Crippen LogP contribution in [0, 0.1) is 0 Å². The molecule has 0 atom stereocenters. The van der Waals surface area contributed by atoms with Crippen LogP contribution in [0.4, 0.5) is 17.6 Å². The van der Waals surface area contributed by atoms with Gasteiger partial charge in [0.05, 0.1) is 0 Å². The smallest absolute Gasteiger partial charge is 0.221 e. The minimum absolute atomic E-state index is 0.837. The molecular weight excluding hydrogens is 264 g/mol. The van der Waals surface area contributed by atoms with Crippen molar-refractivity contribution in [2.24, 2.45) is 0 Å². The van der Waals surface area contributed by atoms with Gasteiger partial charge in [-0.1, -0.05) is 6.92 Å². The lowest BCUT2D eigenvalue weighted by Crippen LogP contribution is -2.42. The van der Waals surface area contributed by atoms with Crippen LogP contribution in [0.5, 0.6) is 0 Å². The summed E-state index contributed by atoms with van der Waals surface area (Å²) in [5.74, 6) is 0. The molecule has 1 fully saturated rings. The third kappa shape index (κ3) is 1.11. The average molecular weight is 270 g/mol. The highest BCUT2D eigenvalue weighted by atomic mass is 32.3. The Kier molecular flexibility index (Phi) is 2.41. The number of hydrogen-bond acceptors (Lipinski definition) is 4. The Morgan fingerprint density at radius 1 is 0.933 bits per heavy atom. The molecule has 4 nitrogen and oxygen atoms in total. The van der Waals surface area contributed by atoms with E-state index in [0.29, 0.717) is 0 Å². The molecule has 0 aromatic rings. The first-order chi connectivity index (χ1) is 6.44. The van der Waals surface area contributed by atoms with Gasteiger partial charge in [0.15, 0.2) is 4.58 Å². The van der Waals surface area contributed by atoms with Crippen molar-refractivity contribution in [3.05, 3.63) is 0 Å². The third-order valence-electron chi connectivity index (χ3n) is 2.08. The SMILES string of the molecule is CCC1S(=O)(=O)C(F)(F)C(F)(F)S1(=O)=O. The minimum atomic E-state index is -5.70. The monoisotopic (exact) mass is 270 g/mol. The molecule has 0 unspecified atom stereocenters. The predicted octanol–water partition coefficient (Wildman–Crippen LogP) is 0.751. The van der Waals surface area contributed by atoms with Crippen molar-refractivity contribution < 1.29 is 34.4 Å². The van der Waals surface area contributed by atoms with Gasteiger partial charge in [-0.15, -0.1) is 0 Å². The Balaban J connectivity index is 3.70. The molecule has 0 aromatic heterocycles. The van der Waals surface area contributed by atoms with Crippen molar-refractivity contribution in [1.82, 2.24) is 0 Å². The maximum absolute atomic E-state index is 12.7. The van der Waals surface area contributed by atoms with Crippen molar-refractivity contribution in [1.29, 1.82) is 0 Å². The fraction of sp³-hybridized carbons (Fsp3) is 1.00. The predicted molar refractivity (Wildman–Crippen MR) is 41.8 cm³/mol. The summed E-state index contributed by atoms with van der Waals surface area (Å²) in [6, 6.07) is 0. The van der Waals surface area contributed by atoms with E-state index < -0.39 is 41.2 Å². The van der Waals surface area contributed by atoms with Gasteiger partial charge in [-0.3, -0.25) is 0 Å². The maximum atomic E-state index is 12.7. The molecule has 0 amide bonds. The van der Waals surface area contributed by atoms with Crippen molar-refractivity contribution in [3.63, 3.8) is 0 Å². The number of sulfone groups is 2. The molecular formula is C5H6F4O4S2. The highest BCUT2D eigenvalue weighted by molar-refractivity contribution is 8.13. The number of halogens is 4. The lowest BCUT2D eigenvalue weighted by molar-refractivity contribution is -0.0920. The van der Waals surface area contributed by atoms with Crippen LogP contribution in [-0.4, -0.2) is 31.9 Å². The fourth-order valence-electron chi connectivity index (χ4n) is 1.27. The molecule has 0 bridgehead atoms. The molecule has 1 heterocycles. The Morgan fingerprint density at radius 2 is 1.20 bits per heavy atom. The van der Waals surface area contributed by atoms with Crippen molar-refractivity contribution in [2.45, 2.75) is 28.4 Å². The molecule has 0 aliphatic carbocycles. The fourth-order valence-corrected chi connectivity index (χ4v) is 6.22. The molecule has 1 aliphatic heterocycles. The second-order valence-corrected chi connectivity index (χ2v) is 7.60. The summed E-state index contributed by atoms with van der Waals surface area (Å²) in [5.41, 5.74) is 0. The van der Waals surface area contributed by atoms with Gasteiger partial charge in [-0.2, -0.15) is 17.6 Å². The zero-order chi connectivity index (χ0) is 12.3. The molecule has 1 saturated heterocycles. The van der Waals surface area contributed by atoms with E-state index >= 15 is 0 Å². The van der Waals surface area contributed by atoms with Crippen molar-refractivity contribution in [2.75, 3.05) is 0 Å². The highest BCUT2D eigenvalue weighted by Gasteiger charge is 2.83. The second kappa shape index (κ2) is 2.84. The summed E-state index contributed by atoms with van der Waals surface area (Å²) >= 11 is 0. The van der Waals surface area contributed by atoms with Gasteiger partial charge in [0.2, 0.25) is 19.7 Å². The molecule has 1 rings (SSSR count). The maximum Gasteiger partial charge on any atom is 0.423 e. The number of hydrogen-bond donors (Lipinski definition) is 0. The zero-order valence-electron chi connectivity index (χ0n) is 7.25. The number of alkyl halides is 4. The molecule has 0 N–H and O–H groups in total. The molecule has 0 saturated carbocycles. The highest BCUT2D eigenvalue weighted by Crippen LogP contribution is 2.53. The van der Waals surface area contributed by atoms with Gasteiger partial charge >= 0.3 is 10.5 Å². The van der Waals surface area contributed by atoms with Gasteiger partial charge < -0.3 is 0 Å². The van der Waals surface area contributed by atoms with Crippen molar-refractivity contribution in [3.8, 4) is 0 Å². The summed E-state index contributed by atoms with van der Waals surface area (Å²) in [6.45, 7) is 0.928. The van der Waals surface area contributed by atoms with Crippen LogP contribution >= 0.6 is 0 Å². The standard InChI is InChI=1S/C5H6F4O4S2/c1-2-3-14(10,11)4(6,7)5(8,9)15(3,12)13/h3H,2H2,1H3. The molecule has 10 heteroatoms. The lowest BCUT2D eigenvalue weighted by Gasteiger charge is -2.14. The number of rotatable bonds is 1. The Hall–Kier alpha value is -0.380. The quantitative estimate of drug-likeness (QED) is 0.659. The molecule has 0 radical (unpaired) electrons. The normalized spacial score (nSPS) is 31.5. The van der Waals surface area contributed by atoms with Crippen molar-refractivity contribution >= 4 is 19.7 Å². The Bertz CT molecular complexity index is 433. The van der Waals surface area contributed by atoms with E-state index in [9.17, 15) is 34.4 Å². The van der Waals surface area contributed by atoms with Crippen LogP contribution in [0.2, 0.25) is 0 Å². The van der Waals surface area contributed by atoms with E-state index in [2.05, 4.69) is 0 Å². The first-order valence-electron chi connectivity index (χ1n) is 3.67. The van der Waals surface area contributed by atoms with Gasteiger partial charge in [0, 0.05) is 0 Å². The zero-order valence-corrected chi connectivity index (χ0v) is 8.88. The van der Waals surface area contributed by atoms with E-state index in [-0.39, 0.29) is 0 Å². The molecule has 90 valence electrons. The van der Waals surface area contributed by atoms with Crippen LogP contribution in [-0.2, 0) is 19.7 Å². The average Bonchev–Trinajstić information content (AvgIpc) is 2.07. The van der Waals surface area contributed by atoms with E-state index in [1.807, 2.05) is 0 Å².